The third-order valence-electron chi connectivity index (χ3n) is 5.96. The number of hydrogen-bond acceptors (Lipinski definition) is 8. The van der Waals surface area contributed by atoms with Crippen molar-refractivity contribution < 1.29 is 21.6 Å². The van der Waals surface area contributed by atoms with Gasteiger partial charge < -0.3 is 9.64 Å². The molecule has 0 spiro atoms. The largest absolute Gasteiger partial charge is 0.481 e. The zero-order valence-corrected chi connectivity index (χ0v) is 19.8. The summed E-state index contributed by atoms with van der Waals surface area (Å²) in [6, 6.07) is 7.18. The molecule has 2 aliphatic rings. The van der Waals surface area contributed by atoms with Crippen LogP contribution in [-0.4, -0.2) is 70.2 Å². The van der Waals surface area contributed by atoms with Gasteiger partial charge in [0.1, 0.15) is 0 Å². The number of piperidine rings is 1. The molecule has 2 aromatic rings. The van der Waals surface area contributed by atoms with E-state index >= 15 is 0 Å². The van der Waals surface area contributed by atoms with E-state index in [1.807, 2.05) is 4.90 Å². The predicted octanol–water partition coefficient (Wildman–Crippen LogP) is 1.96. The van der Waals surface area contributed by atoms with Crippen molar-refractivity contribution in [2.45, 2.75) is 41.5 Å². The number of rotatable bonds is 8. The number of sulfone groups is 1. The Morgan fingerprint density at radius 1 is 1.06 bits per heavy atom. The molecule has 0 amide bonds. The van der Waals surface area contributed by atoms with Gasteiger partial charge in [-0.3, -0.25) is 0 Å². The predicted molar refractivity (Wildman–Crippen MR) is 120 cm³/mol. The van der Waals surface area contributed by atoms with E-state index in [-0.39, 0.29) is 15.8 Å². The lowest BCUT2D eigenvalue weighted by Gasteiger charge is -2.38. The van der Waals surface area contributed by atoms with Gasteiger partial charge >= 0.3 is 0 Å². The molecule has 1 aromatic carbocycles. The molecule has 0 atom stereocenters. The minimum Gasteiger partial charge on any atom is -0.481 e. The molecule has 0 radical (unpaired) electrons. The SMILES string of the molecule is COc1ccnc(N2CCC(N(CC3CC3)S(=O)(=O)c3cccc(S(C)(=O)=O)c3)CC2)n1. The highest BCUT2D eigenvalue weighted by Crippen LogP contribution is 2.35. The summed E-state index contributed by atoms with van der Waals surface area (Å²) in [5.41, 5.74) is 0. The molecule has 11 heteroatoms. The van der Waals surface area contributed by atoms with Gasteiger partial charge in [-0.1, -0.05) is 6.07 Å². The highest BCUT2D eigenvalue weighted by molar-refractivity contribution is 7.91. The van der Waals surface area contributed by atoms with Crippen molar-refractivity contribution >= 4 is 25.8 Å². The summed E-state index contributed by atoms with van der Waals surface area (Å²) < 4.78 is 57.8. The maximum Gasteiger partial charge on any atom is 0.243 e. The second kappa shape index (κ2) is 8.95. The quantitative estimate of drug-likeness (QED) is 0.564. The summed E-state index contributed by atoms with van der Waals surface area (Å²) in [7, 11) is -5.78. The molecule has 32 heavy (non-hydrogen) atoms. The topological polar surface area (TPSA) is 110 Å². The second-order valence-corrected chi connectivity index (χ2v) is 12.3. The smallest absolute Gasteiger partial charge is 0.243 e. The Balaban J connectivity index is 1.55. The van der Waals surface area contributed by atoms with Crippen molar-refractivity contribution in [2.75, 3.05) is 37.9 Å². The normalized spacial score (nSPS) is 18.2. The van der Waals surface area contributed by atoms with E-state index < -0.39 is 19.9 Å². The van der Waals surface area contributed by atoms with Crippen molar-refractivity contribution in [3.8, 4) is 5.88 Å². The summed E-state index contributed by atoms with van der Waals surface area (Å²) >= 11 is 0. The number of methoxy groups -OCH3 is 1. The van der Waals surface area contributed by atoms with Gasteiger partial charge in [0.25, 0.3) is 0 Å². The lowest BCUT2D eigenvalue weighted by atomic mass is 10.1. The van der Waals surface area contributed by atoms with Gasteiger partial charge in [0.15, 0.2) is 9.84 Å². The lowest BCUT2D eigenvalue weighted by Crippen LogP contribution is -2.48. The molecular weight excluding hydrogens is 452 g/mol. The molecule has 0 N–H and O–H groups in total. The van der Waals surface area contributed by atoms with Gasteiger partial charge in [0, 0.05) is 44.2 Å². The molecule has 1 aromatic heterocycles. The van der Waals surface area contributed by atoms with Crippen molar-refractivity contribution in [2.24, 2.45) is 5.92 Å². The molecule has 9 nitrogen and oxygen atoms in total. The first kappa shape index (κ1) is 22.9. The van der Waals surface area contributed by atoms with E-state index in [1.54, 1.807) is 23.7 Å². The Kier molecular flexibility index (Phi) is 6.42. The molecule has 1 saturated heterocycles. The number of anilines is 1. The molecule has 4 rings (SSSR count). The average molecular weight is 481 g/mol. The number of aromatic nitrogens is 2. The molecule has 1 aliphatic heterocycles. The van der Waals surface area contributed by atoms with Crippen molar-refractivity contribution in [3.63, 3.8) is 0 Å². The van der Waals surface area contributed by atoms with Crippen LogP contribution >= 0.6 is 0 Å². The van der Waals surface area contributed by atoms with E-state index in [9.17, 15) is 16.8 Å². The number of benzene rings is 1. The average Bonchev–Trinajstić information content (AvgIpc) is 3.61. The highest BCUT2D eigenvalue weighted by atomic mass is 32.2. The molecule has 174 valence electrons. The molecule has 1 aliphatic carbocycles. The summed E-state index contributed by atoms with van der Waals surface area (Å²) in [6.45, 7) is 1.71. The monoisotopic (exact) mass is 480 g/mol. The number of nitrogens with zero attached hydrogens (tertiary/aromatic N) is 4. The fraction of sp³-hybridized carbons (Fsp3) is 0.524. The van der Waals surface area contributed by atoms with E-state index in [2.05, 4.69) is 9.97 Å². The van der Waals surface area contributed by atoms with E-state index in [4.69, 9.17) is 4.74 Å². The summed E-state index contributed by atoms with van der Waals surface area (Å²) in [4.78, 5) is 10.8. The lowest BCUT2D eigenvalue weighted by molar-refractivity contribution is 0.265. The minimum atomic E-state index is -3.83. The van der Waals surface area contributed by atoms with Gasteiger partial charge in [0.05, 0.1) is 16.9 Å². The summed E-state index contributed by atoms with van der Waals surface area (Å²) in [6.07, 6.45) is 6.04. The van der Waals surface area contributed by atoms with Crippen LogP contribution in [0.25, 0.3) is 0 Å². The zero-order valence-electron chi connectivity index (χ0n) is 18.2. The van der Waals surface area contributed by atoms with Crippen LogP contribution in [0, 0.1) is 5.92 Å². The molecule has 2 heterocycles. The standard InChI is InChI=1S/C21H28N4O5S2/c1-30-20-8-11-22-21(23-20)24-12-9-17(10-13-24)25(15-16-6-7-16)32(28,29)19-5-3-4-18(14-19)31(2,26)27/h3-5,8,11,14,16-17H,6-7,9-10,12-13,15H2,1-2H3. The number of sulfonamides is 1. The Morgan fingerprint density at radius 2 is 1.75 bits per heavy atom. The molecule has 1 saturated carbocycles. The van der Waals surface area contributed by atoms with Crippen LogP contribution in [0.5, 0.6) is 5.88 Å². The van der Waals surface area contributed by atoms with Crippen LogP contribution in [0.3, 0.4) is 0 Å². The fourth-order valence-corrected chi connectivity index (χ4v) is 6.50. The molecule has 0 unspecified atom stereocenters. The van der Waals surface area contributed by atoms with Gasteiger partial charge in [-0.15, -0.1) is 0 Å². The van der Waals surface area contributed by atoms with Crippen LogP contribution in [0.1, 0.15) is 25.7 Å². The first-order valence-corrected chi connectivity index (χ1v) is 14.0. The third-order valence-corrected chi connectivity index (χ3v) is 8.98. The van der Waals surface area contributed by atoms with Gasteiger partial charge in [-0.25, -0.2) is 21.8 Å². The fourth-order valence-electron chi connectivity index (χ4n) is 3.95. The van der Waals surface area contributed by atoms with Crippen LogP contribution in [0.4, 0.5) is 5.95 Å². The molecule has 0 bridgehead atoms. The van der Waals surface area contributed by atoms with Crippen LogP contribution in [0.2, 0.25) is 0 Å². The first-order chi connectivity index (χ1) is 15.2. The Labute approximate surface area is 189 Å². The van der Waals surface area contributed by atoms with Gasteiger partial charge in [-0.2, -0.15) is 9.29 Å². The Bertz CT molecular complexity index is 1170. The Hall–Kier alpha value is -2.24. The van der Waals surface area contributed by atoms with E-state index in [1.165, 1.54) is 24.3 Å². The third kappa shape index (κ3) is 5.05. The van der Waals surface area contributed by atoms with Crippen molar-refractivity contribution in [1.29, 1.82) is 0 Å². The maximum absolute atomic E-state index is 13.6. The summed E-state index contributed by atoms with van der Waals surface area (Å²) in [5, 5.41) is 0. The maximum atomic E-state index is 13.6. The van der Waals surface area contributed by atoms with Crippen LogP contribution in [0.15, 0.2) is 46.3 Å². The van der Waals surface area contributed by atoms with Crippen molar-refractivity contribution in [3.05, 3.63) is 36.5 Å². The van der Waals surface area contributed by atoms with Gasteiger partial charge in [0.2, 0.25) is 21.9 Å². The minimum absolute atomic E-state index is 0.00920. The van der Waals surface area contributed by atoms with Gasteiger partial charge in [-0.05, 0) is 49.8 Å². The molecule has 2 fully saturated rings. The number of ether oxygens (including phenoxy) is 1. The van der Waals surface area contributed by atoms with Crippen LogP contribution < -0.4 is 9.64 Å². The Morgan fingerprint density at radius 3 is 2.38 bits per heavy atom. The first-order valence-electron chi connectivity index (χ1n) is 10.6. The number of hydrogen-bond donors (Lipinski definition) is 0. The van der Waals surface area contributed by atoms with E-state index in [0.717, 1.165) is 19.1 Å². The zero-order chi connectivity index (χ0) is 22.9. The van der Waals surface area contributed by atoms with Crippen LogP contribution in [-0.2, 0) is 19.9 Å². The highest BCUT2D eigenvalue weighted by Gasteiger charge is 2.38. The summed E-state index contributed by atoms with van der Waals surface area (Å²) in [5.74, 6) is 1.42. The van der Waals surface area contributed by atoms with E-state index in [0.29, 0.717) is 50.2 Å². The van der Waals surface area contributed by atoms with Crippen molar-refractivity contribution in [1.82, 2.24) is 14.3 Å². The second-order valence-electron chi connectivity index (χ2n) is 8.38. The molecular formula is C21H28N4O5S2.